The van der Waals surface area contributed by atoms with Crippen molar-refractivity contribution in [2.75, 3.05) is 36.0 Å². The topological polar surface area (TPSA) is 32.3 Å². The first-order valence-corrected chi connectivity index (χ1v) is 7.63. The van der Waals surface area contributed by atoms with Crippen molar-refractivity contribution in [1.82, 2.24) is 9.97 Å². The van der Waals surface area contributed by atoms with Gasteiger partial charge in [-0.05, 0) is 31.2 Å². The summed E-state index contributed by atoms with van der Waals surface area (Å²) in [5.41, 5.74) is 2.15. The van der Waals surface area contributed by atoms with Crippen LogP contribution >= 0.6 is 23.2 Å². The Morgan fingerprint density at radius 3 is 2.19 bits per heavy atom. The van der Waals surface area contributed by atoms with Gasteiger partial charge in [-0.3, -0.25) is 0 Å². The zero-order valence-electron chi connectivity index (χ0n) is 11.8. The molecule has 0 unspecified atom stereocenters. The van der Waals surface area contributed by atoms with Crippen molar-refractivity contribution >= 4 is 34.7 Å². The molecule has 0 saturated carbocycles. The second-order valence-electron chi connectivity index (χ2n) is 5.06. The molecule has 1 aliphatic heterocycles. The van der Waals surface area contributed by atoms with E-state index in [1.165, 1.54) is 12.0 Å². The third kappa shape index (κ3) is 3.06. The lowest BCUT2D eigenvalue weighted by molar-refractivity contribution is 0.645. The molecule has 1 aromatic heterocycles. The SMILES string of the molecule is Cc1c(Cl)ncnc1N1CCN(c2ccc(Cl)cc2)CC1. The van der Waals surface area contributed by atoms with E-state index in [0.717, 1.165) is 42.6 Å². The minimum Gasteiger partial charge on any atom is -0.368 e. The van der Waals surface area contributed by atoms with Crippen LogP contribution in [0.2, 0.25) is 10.2 Å². The largest absolute Gasteiger partial charge is 0.368 e. The van der Waals surface area contributed by atoms with Gasteiger partial charge in [-0.15, -0.1) is 0 Å². The molecule has 0 amide bonds. The molecular weight excluding hydrogens is 307 g/mol. The normalized spacial score (nSPS) is 15.4. The van der Waals surface area contributed by atoms with Gasteiger partial charge >= 0.3 is 0 Å². The Balaban J connectivity index is 1.70. The number of aromatic nitrogens is 2. The van der Waals surface area contributed by atoms with E-state index in [2.05, 4.69) is 31.9 Å². The Labute approximate surface area is 134 Å². The van der Waals surface area contributed by atoms with Crippen LogP contribution in [0.15, 0.2) is 30.6 Å². The molecule has 21 heavy (non-hydrogen) atoms. The molecule has 0 aliphatic carbocycles. The summed E-state index contributed by atoms with van der Waals surface area (Å²) in [6.07, 6.45) is 1.52. The van der Waals surface area contributed by atoms with Gasteiger partial charge < -0.3 is 9.80 Å². The van der Waals surface area contributed by atoms with Crippen LogP contribution in [0.1, 0.15) is 5.56 Å². The first kappa shape index (κ1) is 14.4. The van der Waals surface area contributed by atoms with E-state index in [1.807, 2.05) is 19.1 Å². The minimum absolute atomic E-state index is 0.528. The fourth-order valence-corrected chi connectivity index (χ4v) is 2.82. The Morgan fingerprint density at radius 1 is 0.905 bits per heavy atom. The summed E-state index contributed by atoms with van der Waals surface area (Å²) in [6, 6.07) is 7.98. The van der Waals surface area contributed by atoms with Gasteiger partial charge in [-0.2, -0.15) is 0 Å². The van der Waals surface area contributed by atoms with Gasteiger partial charge in [0.2, 0.25) is 0 Å². The summed E-state index contributed by atoms with van der Waals surface area (Å²) in [6.45, 7) is 5.68. The first-order valence-electron chi connectivity index (χ1n) is 6.88. The highest BCUT2D eigenvalue weighted by molar-refractivity contribution is 6.30. The summed E-state index contributed by atoms with van der Waals surface area (Å²) in [5.74, 6) is 0.936. The maximum absolute atomic E-state index is 6.07. The molecule has 6 heteroatoms. The van der Waals surface area contributed by atoms with Gasteiger partial charge in [0.1, 0.15) is 17.3 Å². The third-order valence-electron chi connectivity index (χ3n) is 3.77. The molecule has 2 aromatic rings. The molecule has 1 saturated heterocycles. The monoisotopic (exact) mass is 322 g/mol. The fraction of sp³-hybridized carbons (Fsp3) is 0.333. The lowest BCUT2D eigenvalue weighted by atomic mass is 10.2. The molecule has 110 valence electrons. The standard InChI is InChI=1S/C15H16Cl2N4/c1-11-14(17)18-10-19-15(11)21-8-6-20(7-9-21)13-4-2-12(16)3-5-13/h2-5,10H,6-9H2,1H3. The third-order valence-corrected chi connectivity index (χ3v) is 4.40. The molecule has 1 aliphatic rings. The number of hydrogen-bond acceptors (Lipinski definition) is 4. The summed E-state index contributed by atoms with van der Waals surface area (Å²) in [4.78, 5) is 13.0. The van der Waals surface area contributed by atoms with E-state index in [0.29, 0.717) is 5.15 Å². The second kappa shape index (κ2) is 6.08. The maximum atomic E-state index is 6.07. The number of benzene rings is 1. The minimum atomic E-state index is 0.528. The second-order valence-corrected chi connectivity index (χ2v) is 5.86. The molecular formula is C15H16Cl2N4. The lowest BCUT2D eigenvalue weighted by Gasteiger charge is -2.37. The van der Waals surface area contributed by atoms with Crippen molar-refractivity contribution in [3.05, 3.63) is 46.3 Å². The lowest BCUT2D eigenvalue weighted by Crippen LogP contribution is -2.47. The van der Waals surface area contributed by atoms with Crippen LogP contribution in [-0.4, -0.2) is 36.1 Å². The van der Waals surface area contributed by atoms with E-state index in [-0.39, 0.29) is 0 Å². The van der Waals surface area contributed by atoms with Crippen molar-refractivity contribution in [3.8, 4) is 0 Å². The average molecular weight is 323 g/mol. The van der Waals surface area contributed by atoms with Crippen LogP contribution < -0.4 is 9.80 Å². The van der Waals surface area contributed by atoms with Crippen LogP contribution in [0.4, 0.5) is 11.5 Å². The zero-order chi connectivity index (χ0) is 14.8. The Hall–Kier alpha value is -1.52. The van der Waals surface area contributed by atoms with Crippen LogP contribution in [0.5, 0.6) is 0 Å². The molecule has 3 rings (SSSR count). The van der Waals surface area contributed by atoms with Gasteiger partial charge in [-0.25, -0.2) is 9.97 Å². The molecule has 0 spiro atoms. The van der Waals surface area contributed by atoms with Gasteiger partial charge in [0.05, 0.1) is 0 Å². The van der Waals surface area contributed by atoms with Crippen molar-refractivity contribution in [1.29, 1.82) is 0 Å². The highest BCUT2D eigenvalue weighted by Crippen LogP contribution is 2.25. The summed E-state index contributed by atoms with van der Waals surface area (Å²) in [5, 5.41) is 1.30. The summed E-state index contributed by atoms with van der Waals surface area (Å²) < 4.78 is 0. The van der Waals surface area contributed by atoms with Gasteiger partial charge in [0.15, 0.2) is 0 Å². The molecule has 1 aromatic carbocycles. The van der Waals surface area contributed by atoms with Gasteiger partial charge in [-0.1, -0.05) is 23.2 Å². The van der Waals surface area contributed by atoms with Crippen molar-refractivity contribution in [3.63, 3.8) is 0 Å². The van der Waals surface area contributed by atoms with Crippen LogP contribution in [-0.2, 0) is 0 Å². The average Bonchev–Trinajstić information content (AvgIpc) is 2.51. The number of hydrogen-bond donors (Lipinski definition) is 0. The van der Waals surface area contributed by atoms with Crippen LogP contribution in [0.25, 0.3) is 0 Å². The molecule has 0 radical (unpaired) electrons. The smallest absolute Gasteiger partial charge is 0.137 e. The number of piperazine rings is 1. The number of rotatable bonds is 2. The van der Waals surface area contributed by atoms with Crippen molar-refractivity contribution in [2.45, 2.75) is 6.92 Å². The molecule has 4 nitrogen and oxygen atoms in total. The van der Waals surface area contributed by atoms with E-state index >= 15 is 0 Å². The van der Waals surface area contributed by atoms with E-state index in [4.69, 9.17) is 23.2 Å². The van der Waals surface area contributed by atoms with Gasteiger partial charge in [0.25, 0.3) is 0 Å². The highest BCUT2D eigenvalue weighted by atomic mass is 35.5. The van der Waals surface area contributed by atoms with Crippen LogP contribution in [0.3, 0.4) is 0 Å². The molecule has 0 atom stereocenters. The quantitative estimate of drug-likeness (QED) is 0.793. The summed E-state index contributed by atoms with van der Waals surface area (Å²) in [7, 11) is 0. The zero-order valence-corrected chi connectivity index (χ0v) is 13.3. The molecule has 0 bridgehead atoms. The molecule has 1 fully saturated rings. The first-order chi connectivity index (χ1) is 10.1. The van der Waals surface area contributed by atoms with Gasteiger partial charge in [0, 0.05) is 42.5 Å². The van der Waals surface area contributed by atoms with E-state index < -0.39 is 0 Å². The fourth-order valence-electron chi connectivity index (χ4n) is 2.57. The molecule has 2 heterocycles. The highest BCUT2D eigenvalue weighted by Gasteiger charge is 2.20. The van der Waals surface area contributed by atoms with Crippen molar-refractivity contribution in [2.24, 2.45) is 0 Å². The van der Waals surface area contributed by atoms with Crippen molar-refractivity contribution < 1.29 is 0 Å². The maximum Gasteiger partial charge on any atom is 0.137 e. The van der Waals surface area contributed by atoms with E-state index in [1.54, 1.807) is 0 Å². The van der Waals surface area contributed by atoms with E-state index in [9.17, 15) is 0 Å². The Kier molecular flexibility index (Phi) is 4.17. The number of nitrogens with zero attached hydrogens (tertiary/aromatic N) is 4. The molecule has 0 N–H and O–H groups in total. The Morgan fingerprint density at radius 2 is 1.52 bits per heavy atom. The number of anilines is 2. The summed E-state index contributed by atoms with van der Waals surface area (Å²) >= 11 is 12.0. The van der Waals surface area contributed by atoms with Crippen LogP contribution in [0, 0.1) is 6.92 Å². The predicted octanol–water partition coefficient (Wildman–Crippen LogP) is 3.42. The number of halogens is 2. The Bertz CT molecular complexity index is 622. The predicted molar refractivity (Wildman–Crippen MR) is 87.7 cm³/mol.